The molecule has 108 valence electrons. The third-order valence-corrected chi connectivity index (χ3v) is 3.84. The number of nitrogens with zero attached hydrogens (tertiary/aromatic N) is 1. The molecular formula is C13H20FNO3S. The zero-order valence-electron chi connectivity index (χ0n) is 11.4. The molecule has 6 heteroatoms. The van der Waals surface area contributed by atoms with Gasteiger partial charge in [-0.3, -0.25) is 0 Å². The number of halogens is 1. The fraction of sp³-hybridized carbons (Fsp3) is 0.538. The van der Waals surface area contributed by atoms with Crippen LogP contribution in [-0.2, 0) is 9.84 Å². The van der Waals surface area contributed by atoms with Gasteiger partial charge in [0, 0.05) is 19.3 Å². The van der Waals surface area contributed by atoms with Gasteiger partial charge in [-0.05, 0) is 37.2 Å². The van der Waals surface area contributed by atoms with Crippen LogP contribution in [0.3, 0.4) is 0 Å². The van der Waals surface area contributed by atoms with E-state index in [-0.39, 0.29) is 11.6 Å². The van der Waals surface area contributed by atoms with Gasteiger partial charge in [-0.25, -0.2) is 12.8 Å². The second kappa shape index (κ2) is 6.45. The van der Waals surface area contributed by atoms with Crippen molar-refractivity contribution in [3.8, 4) is 0 Å². The molecule has 0 radical (unpaired) electrons. The predicted octanol–water partition coefficient (Wildman–Crippen LogP) is 1.14. The summed E-state index contributed by atoms with van der Waals surface area (Å²) in [5.74, 6) is -0.280. The largest absolute Gasteiger partial charge is 0.387 e. The Bertz CT molecular complexity index is 531. The second-order valence-electron chi connectivity index (χ2n) is 4.91. The molecule has 19 heavy (non-hydrogen) atoms. The van der Waals surface area contributed by atoms with Crippen molar-refractivity contribution >= 4 is 9.84 Å². The molecule has 1 aromatic rings. The van der Waals surface area contributed by atoms with E-state index in [4.69, 9.17) is 0 Å². The van der Waals surface area contributed by atoms with Gasteiger partial charge in [-0.2, -0.15) is 0 Å². The van der Waals surface area contributed by atoms with Crippen molar-refractivity contribution in [1.29, 1.82) is 0 Å². The van der Waals surface area contributed by atoms with Crippen LogP contribution in [0.15, 0.2) is 18.2 Å². The van der Waals surface area contributed by atoms with Crippen LogP contribution in [0.25, 0.3) is 0 Å². The lowest BCUT2D eigenvalue weighted by Gasteiger charge is -2.21. The van der Waals surface area contributed by atoms with Crippen molar-refractivity contribution in [2.45, 2.75) is 13.0 Å². The van der Waals surface area contributed by atoms with E-state index in [1.807, 2.05) is 0 Å². The van der Waals surface area contributed by atoms with Gasteiger partial charge in [0.1, 0.15) is 15.7 Å². The van der Waals surface area contributed by atoms with Crippen LogP contribution in [0, 0.1) is 12.7 Å². The maximum absolute atomic E-state index is 13.0. The number of hydrogen-bond acceptors (Lipinski definition) is 4. The lowest BCUT2D eigenvalue weighted by Crippen LogP contribution is -2.29. The lowest BCUT2D eigenvalue weighted by molar-refractivity contribution is 0.129. The number of hydrogen-bond donors (Lipinski definition) is 1. The maximum Gasteiger partial charge on any atom is 0.148 e. The summed E-state index contributed by atoms with van der Waals surface area (Å²) in [5, 5.41) is 10.1. The molecule has 0 aromatic heterocycles. The van der Waals surface area contributed by atoms with E-state index in [9.17, 15) is 17.9 Å². The monoisotopic (exact) mass is 289 g/mol. The van der Waals surface area contributed by atoms with Crippen molar-refractivity contribution in [2.75, 3.05) is 32.1 Å². The number of sulfone groups is 1. The molecule has 0 bridgehead atoms. The third kappa shape index (κ3) is 5.67. The van der Waals surface area contributed by atoms with Crippen molar-refractivity contribution in [1.82, 2.24) is 4.90 Å². The normalized spacial score (nSPS) is 13.8. The molecule has 1 N–H and O–H groups in total. The Morgan fingerprint density at radius 1 is 1.42 bits per heavy atom. The van der Waals surface area contributed by atoms with Crippen molar-refractivity contribution in [3.05, 3.63) is 35.1 Å². The first-order valence-electron chi connectivity index (χ1n) is 5.99. The predicted molar refractivity (Wildman–Crippen MR) is 73.3 cm³/mol. The van der Waals surface area contributed by atoms with E-state index in [2.05, 4.69) is 0 Å². The average Bonchev–Trinajstić information content (AvgIpc) is 2.25. The molecule has 1 atom stereocenters. The summed E-state index contributed by atoms with van der Waals surface area (Å²) in [5.41, 5.74) is 1.34. The molecule has 0 amide bonds. The second-order valence-corrected chi connectivity index (χ2v) is 7.17. The minimum atomic E-state index is -3.01. The number of aliphatic hydroxyl groups excluding tert-OH is 1. The molecule has 4 nitrogen and oxygen atoms in total. The zero-order chi connectivity index (χ0) is 14.6. The first-order valence-corrected chi connectivity index (χ1v) is 8.05. The van der Waals surface area contributed by atoms with Gasteiger partial charge in [0.25, 0.3) is 0 Å². The van der Waals surface area contributed by atoms with Crippen LogP contribution < -0.4 is 0 Å². The highest BCUT2D eigenvalue weighted by Gasteiger charge is 2.14. The Balaban J connectivity index is 2.61. The Labute approximate surface area is 113 Å². The van der Waals surface area contributed by atoms with E-state index in [1.54, 1.807) is 24.9 Å². The van der Waals surface area contributed by atoms with Crippen LogP contribution in [0.2, 0.25) is 0 Å². The number of likely N-dealkylation sites (N-methyl/N-ethyl adjacent to an activating group) is 1. The smallest absolute Gasteiger partial charge is 0.148 e. The molecule has 0 saturated heterocycles. The summed E-state index contributed by atoms with van der Waals surface area (Å²) in [4.78, 5) is 1.74. The zero-order valence-corrected chi connectivity index (χ0v) is 12.2. The summed E-state index contributed by atoms with van der Waals surface area (Å²) in [6, 6.07) is 4.23. The number of rotatable bonds is 6. The van der Waals surface area contributed by atoms with Gasteiger partial charge >= 0.3 is 0 Å². The van der Waals surface area contributed by atoms with Crippen molar-refractivity contribution in [2.24, 2.45) is 0 Å². The van der Waals surface area contributed by atoms with Crippen LogP contribution in [-0.4, -0.2) is 50.6 Å². The van der Waals surface area contributed by atoms with Crippen LogP contribution >= 0.6 is 0 Å². The summed E-state index contributed by atoms with van der Waals surface area (Å²) in [7, 11) is -1.26. The number of benzene rings is 1. The summed E-state index contributed by atoms with van der Waals surface area (Å²) >= 11 is 0. The molecule has 1 rings (SSSR count). The highest BCUT2D eigenvalue weighted by molar-refractivity contribution is 7.90. The average molecular weight is 289 g/mol. The fourth-order valence-electron chi connectivity index (χ4n) is 1.82. The Kier molecular flexibility index (Phi) is 5.46. The molecule has 0 fully saturated rings. The van der Waals surface area contributed by atoms with Gasteiger partial charge in [0.15, 0.2) is 0 Å². The first kappa shape index (κ1) is 16.1. The highest BCUT2D eigenvalue weighted by Crippen LogP contribution is 2.19. The SMILES string of the molecule is Cc1cc(F)ccc1C(O)CN(C)CCS(C)(=O)=O. The summed E-state index contributed by atoms with van der Waals surface area (Å²) in [6.45, 7) is 2.40. The Morgan fingerprint density at radius 3 is 2.58 bits per heavy atom. The minimum absolute atomic E-state index is 0.0542. The molecule has 0 aliphatic carbocycles. The van der Waals surface area contributed by atoms with Gasteiger partial charge < -0.3 is 10.0 Å². The molecule has 0 saturated carbocycles. The summed E-state index contributed by atoms with van der Waals surface area (Å²) < 4.78 is 35.1. The lowest BCUT2D eigenvalue weighted by atomic mass is 10.0. The summed E-state index contributed by atoms with van der Waals surface area (Å²) in [6.07, 6.45) is 0.423. The van der Waals surface area contributed by atoms with Gasteiger partial charge in [-0.1, -0.05) is 6.07 Å². The fourth-order valence-corrected chi connectivity index (χ4v) is 2.46. The molecule has 1 unspecified atom stereocenters. The Morgan fingerprint density at radius 2 is 2.05 bits per heavy atom. The highest BCUT2D eigenvalue weighted by atomic mass is 32.2. The maximum atomic E-state index is 13.0. The van der Waals surface area contributed by atoms with Crippen molar-refractivity contribution < 1.29 is 17.9 Å². The van der Waals surface area contributed by atoms with E-state index in [1.165, 1.54) is 18.4 Å². The van der Waals surface area contributed by atoms with Crippen molar-refractivity contribution in [3.63, 3.8) is 0 Å². The Hall–Kier alpha value is -0.980. The van der Waals surface area contributed by atoms with Gasteiger partial charge in [0.2, 0.25) is 0 Å². The van der Waals surface area contributed by atoms with E-state index >= 15 is 0 Å². The number of aryl methyl sites for hydroxylation is 1. The molecule has 1 aromatic carbocycles. The number of aliphatic hydroxyl groups is 1. The quantitative estimate of drug-likeness (QED) is 0.853. The molecule has 0 aliphatic heterocycles. The first-order chi connectivity index (χ1) is 8.69. The van der Waals surface area contributed by atoms with Gasteiger partial charge in [0.05, 0.1) is 11.9 Å². The topological polar surface area (TPSA) is 57.6 Å². The molecule has 0 heterocycles. The molecular weight excluding hydrogens is 269 g/mol. The van der Waals surface area contributed by atoms with Crippen LogP contribution in [0.5, 0.6) is 0 Å². The molecule has 0 aliphatic rings. The minimum Gasteiger partial charge on any atom is -0.387 e. The standard InChI is InChI=1S/C13H20FNO3S/c1-10-8-11(14)4-5-12(10)13(16)9-15(2)6-7-19(3,17)18/h4-5,8,13,16H,6-7,9H2,1-3H3. The third-order valence-electron chi connectivity index (χ3n) is 2.92. The van der Waals surface area contributed by atoms with Crippen LogP contribution in [0.4, 0.5) is 4.39 Å². The van der Waals surface area contributed by atoms with Crippen LogP contribution in [0.1, 0.15) is 17.2 Å². The van der Waals surface area contributed by atoms with E-state index in [0.29, 0.717) is 24.2 Å². The van der Waals surface area contributed by atoms with Gasteiger partial charge in [-0.15, -0.1) is 0 Å². The van der Waals surface area contributed by atoms with E-state index < -0.39 is 15.9 Å². The molecule has 0 spiro atoms. The van der Waals surface area contributed by atoms with E-state index in [0.717, 1.165) is 0 Å².